The molecule has 0 amide bonds. The lowest BCUT2D eigenvalue weighted by Gasteiger charge is -2.40. The molecule has 0 saturated heterocycles. The molecule has 0 rings (SSSR count). The lowest BCUT2D eigenvalue weighted by atomic mass is 10.1. The number of hydrogen-bond donors (Lipinski definition) is 0. The fraction of sp³-hybridized carbons (Fsp3) is 0.846. The molecule has 0 aliphatic rings. The molecule has 14 heavy (non-hydrogen) atoms. The van der Waals surface area contributed by atoms with E-state index in [0.717, 1.165) is 11.3 Å². The Bertz CT molecular complexity index is 170. The highest BCUT2D eigenvalue weighted by molar-refractivity contribution is 7.60. The Balaban J connectivity index is 4.62. The molecule has 0 bridgehead atoms. The number of allylic oxidation sites excluding steroid dienone is 2. The summed E-state index contributed by atoms with van der Waals surface area (Å²) in [5.41, 5.74) is 1.68. The van der Waals surface area contributed by atoms with Gasteiger partial charge in [-0.25, -0.2) is 0 Å². The monoisotopic (exact) mass is 214 g/mol. The summed E-state index contributed by atoms with van der Waals surface area (Å²) >= 11 is 0. The van der Waals surface area contributed by atoms with Gasteiger partial charge in [0.1, 0.15) is 0 Å². The average Bonchev–Trinajstić information content (AvgIpc) is 1.98. The summed E-state index contributed by atoms with van der Waals surface area (Å²) in [4.78, 5) is 0. The lowest BCUT2D eigenvalue weighted by Crippen LogP contribution is -2.25. The molecule has 0 aliphatic heterocycles. The first-order valence-electron chi connectivity index (χ1n) is 5.72. The van der Waals surface area contributed by atoms with E-state index in [1.54, 1.807) is 0 Å². The van der Waals surface area contributed by atoms with Crippen LogP contribution in [0.4, 0.5) is 0 Å². The molecule has 0 fully saturated rings. The van der Waals surface area contributed by atoms with Crippen LogP contribution in [0.3, 0.4) is 0 Å². The largest absolute Gasteiger partial charge is 0.0953 e. The zero-order valence-electron chi connectivity index (χ0n) is 11.0. The molecule has 0 saturated carbocycles. The number of hydrogen-bond acceptors (Lipinski definition) is 0. The van der Waals surface area contributed by atoms with Crippen LogP contribution in [0.5, 0.6) is 0 Å². The summed E-state index contributed by atoms with van der Waals surface area (Å²) in [6, 6.07) is 0. The standard InChI is InChI=1S/C13H27P/c1-8-9-10-13(6,7)14(11(2)3)12(4)5/h8-9,11-12H,10H2,1-7H3. The van der Waals surface area contributed by atoms with Gasteiger partial charge in [-0.1, -0.05) is 61.6 Å². The van der Waals surface area contributed by atoms with Crippen molar-refractivity contribution in [3.8, 4) is 0 Å². The van der Waals surface area contributed by atoms with Crippen molar-refractivity contribution in [2.75, 3.05) is 0 Å². The van der Waals surface area contributed by atoms with E-state index < -0.39 is 0 Å². The van der Waals surface area contributed by atoms with E-state index in [1.807, 2.05) is 0 Å². The second-order valence-electron chi connectivity index (χ2n) is 5.18. The fourth-order valence-electron chi connectivity index (χ4n) is 2.51. The van der Waals surface area contributed by atoms with E-state index in [2.05, 4.69) is 60.6 Å². The Hall–Kier alpha value is 0.170. The molecule has 0 radical (unpaired) electrons. The first-order chi connectivity index (χ1) is 6.33. The third-order valence-corrected chi connectivity index (χ3v) is 6.47. The van der Waals surface area contributed by atoms with Crippen molar-refractivity contribution >= 4 is 7.92 Å². The predicted molar refractivity (Wildman–Crippen MR) is 70.7 cm³/mol. The molecular formula is C13H27P. The van der Waals surface area contributed by atoms with Gasteiger partial charge < -0.3 is 0 Å². The highest BCUT2D eigenvalue weighted by Crippen LogP contribution is 2.58. The first-order valence-corrected chi connectivity index (χ1v) is 7.20. The van der Waals surface area contributed by atoms with Crippen LogP contribution in [0.1, 0.15) is 54.9 Å². The molecule has 0 nitrogen and oxygen atoms in total. The van der Waals surface area contributed by atoms with Gasteiger partial charge in [0.05, 0.1) is 0 Å². The molecule has 0 unspecified atom stereocenters. The maximum absolute atomic E-state index is 2.43. The summed E-state index contributed by atoms with van der Waals surface area (Å²) in [7, 11) is 0.115. The minimum atomic E-state index is 0.115. The number of rotatable bonds is 5. The average molecular weight is 214 g/mol. The van der Waals surface area contributed by atoms with Crippen molar-refractivity contribution in [3.63, 3.8) is 0 Å². The molecule has 1 heteroatoms. The molecule has 0 N–H and O–H groups in total. The third-order valence-electron chi connectivity index (χ3n) is 2.66. The minimum absolute atomic E-state index is 0.115. The highest BCUT2D eigenvalue weighted by atomic mass is 31.1. The lowest BCUT2D eigenvalue weighted by molar-refractivity contribution is 0.689. The van der Waals surface area contributed by atoms with Crippen molar-refractivity contribution in [1.82, 2.24) is 0 Å². The Kier molecular flexibility index (Phi) is 5.98. The summed E-state index contributed by atoms with van der Waals surface area (Å²) in [6.07, 6.45) is 5.72. The van der Waals surface area contributed by atoms with Gasteiger partial charge in [-0.05, 0) is 29.8 Å². The molecule has 0 aliphatic carbocycles. The van der Waals surface area contributed by atoms with Crippen LogP contribution < -0.4 is 0 Å². The van der Waals surface area contributed by atoms with E-state index >= 15 is 0 Å². The predicted octanol–water partition coefficient (Wildman–Crippen LogP) is 5.03. The topological polar surface area (TPSA) is 0 Å². The van der Waals surface area contributed by atoms with E-state index in [0.29, 0.717) is 5.16 Å². The van der Waals surface area contributed by atoms with Crippen molar-refractivity contribution in [2.24, 2.45) is 0 Å². The van der Waals surface area contributed by atoms with Gasteiger partial charge in [-0.3, -0.25) is 0 Å². The zero-order valence-corrected chi connectivity index (χ0v) is 11.9. The van der Waals surface area contributed by atoms with Gasteiger partial charge in [-0.2, -0.15) is 0 Å². The van der Waals surface area contributed by atoms with Crippen LogP contribution in [0.25, 0.3) is 0 Å². The Morgan fingerprint density at radius 3 is 1.79 bits per heavy atom. The maximum atomic E-state index is 2.43. The second-order valence-corrected chi connectivity index (χ2v) is 9.27. The van der Waals surface area contributed by atoms with Crippen LogP contribution in [0.15, 0.2) is 12.2 Å². The molecule has 0 atom stereocenters. The summed E-state index contributed by atoms with van der Waals surface area (Å²) in [5.74, 6) is 0. The third kappa shape index (κ3) is 4.13. The van der Waals surface area contributed by atoms with Crippen LogP contribution in [0, 0.1) is 0 Å². The maximum Gasteiger partial charge on any atom is -0.0112 e. The molecule has 0 aromatic heterocycles. The molecule has 84 valence electrons. The van der Waals surface area contributed by atoms with Gasteiger partial charge in [0.25, 0.3) is 0 Å². The summed E-state index contributed by atoms with van der Waals surface area (Å²) in [6.45, 7) is 16.5. The van der Waals surface area contributed by atoms with Crippen LogP contribution in [-0.4, -0.2) is 16.5 Å². The van der Waals surface area contributed by atoms with Gasteiger partial charge >= 0.3 is 0 Å². The first kappa shape index (κ1) is 14.2. The quantitative estimate of drug-likeness (QED) is 0.445. The van der Waals surface area contributed by atoms with Crippen molar-refractivity contribution in [2.45, 2.75) is 71.4 Å². The van der Waals surface area contributed by atoms with Crippen LogP contribution in [0.2, 0.25) is 0 Å². The van der Waals surface area contributed by atoms with Gasteiger partial charge in [0.2, 0.25) is 0 Å². The van der Waals surface area contributed by atoms with Gasteiger partial charge in [0.15, 0.2) is 0 Å². The fourth-order valence-corrected chi connectivity index (χ4v) is 6.81. The Morgan fingerprint density at radius 2 is 1.50 bits per heavy atom. The zero-order chi connectivity index (χ0) is 11.4. The Labute approximate surface area is 91.9 Å². The van der Waals surface area contributed by atoms with E-state index in [9.17, 15) is 0 Å². The summed E-state index contributed by atoms with van der Waals surface area (Å²) in [5, 5.41) is 0.490. The molecular weight excluding hydrogens is 187 g/mol. The normalized spacial score (nSPS) is 13.9. The highest BCUT2D eigenvalue weighted by Gasteiger charge is 2.32. The SMILES string of the molecule is CC=CCC(C)(C)P(C(C)C)C(C)C. The molecule has 0 aromatic rings. The second kappa shape index (κ2) is 5.91. The minimum Gasteiger partial charge on any atom is -0.0953 e. The molecule has 0 spiro atoms. The molecule has 0 aromatic carbocycles. The van der Waals surface area contributed by atoms with E-state index in [4.69, 9.17) is 0 Å². The molecule has 0 heterocycles. The van der Waals surface area contributed by atoms with Crippen molar-refractivity contribution in [3.05, 3.63) is 12.2 Å². The van der Waals surface area contributed by atoms with Crippen molar-refractivity contribution < 1.29 is 0 Å². The van der Waals surface area contributed by atoms with E-state index in [1.165, 1.54) is 6.42 Å². The smallest absolute Gasteiger partial charge is 0.0112 e. The van der Waals surface area contributed by atoms with Crippen LogP contribution >= 0.6 is 7.92 Å². The van der Waals surface area contributed by atoms with E-state index in [-0.39, 0.29) is 7.92 Å². The Morgan fingerprint density at radius 1 is 1.07 bits per heavy atom. The van der Waals surface area contributed by atoms with Crippen LogP contribution in [-0.2, 0) is 0 Å². The summed E-state index contributed by atoms with van der Waals surface area (Å²) < 4.78 is 0. The van der Waals surface area contributed by atoms with Crippen molar-refractivity contribution in [1.29, 1.82) is 0 Å². The van der Waals surface area contributed by atoms with Gasteiger partial charge in [0, 0.05) is 0 Å². The van der Waals surface area contributed by atoms with Gasteiger partial charge in [-0.15, -0.1) is 0 Å².